The van der Waals surface area contributed by atoms with E-state index in [-0.39, 0.29) is 0 Å². The fourth-order valence-corrected chi connectivity index (χ4v) is 3.46. The van der Waals surface area contributed by atoms with E-state index in [2.05, 4.69) is 64.9 Å². The van der Waals surface area contributed by atoms with Crippen LogP contribution in [0.15, 0.2) is 76.8 Å². The first-order valence-corrected chi connectivity index (χ1v) is 7.96. The van der Waals surface area contributed by atoms with E-state index in [9.17, 15) is 0 Å². The van der Waals surface area contributed by atoms with Crippen molar-refractivity contribution in [1.82, 2.24) is 4.98 Å². The number of hydrogen-bond acceptors (Lipinski definition) is 3. The molecule has 2 heterocycles. The third kappa shape index (κ3) is 2.63. The van der Waals surface area contributed by atoms with Gasteiger partial charge in [0, 0.05) is 22.2 Å². The lowest BCUT2D eigenvalue weighted by atomic mass is 10.1. The molecular formula is C19H14N2S. The molecule has 0 saturated heterocycles. The van der Waals surface area contributed by atoms with Gasteiger partial charge in [0.05, 0.1) is 11.4 Å². The number of benzene rings is 2. The van der Waals surface area contributed by atoms with Crippen LogP contribution in [0.1, 0.15) is 11.1 Å². The van der Waals surface area contributed by atoms with Crippen LogP contribution >= 0.6 is 11.8 Å². The van der Waals surface area contributed by atoms with Gasteiger partial charge < -0.3 is 5.32 Å². The van der Waals surface area contributed by atoms with E-state index >= 15 is 0 Å². The molecule has 0 spiro atoms. The summed E-state index contributed by atoms with van der Waals surface area (Å²) in [7, 11) is 0. The van der Waals surface area contributed by atoms with Gasteiger partial charge in [-0.3, -0.25) is 4.98 Å². The molecule has 0 aliphatic carbocycles. The number of hydrogen-bond donors (Lipinski definition) is 1. The number of anilines is 2. The fourth-order valence-electron chi connectivity index (χ4n) is 2.42. The van der Waals surface area contributed by atoms with Gasteiger partial charge in [-0.2, -0.15) is 0 Å². The Bertz CT molecular complexity index is 841. The van der Waals surface area contributed by atoms with Crippen LogP contribution in [-0.4, -0.2) is 4.98 Å². The van der Waals surface area contributed by atoms with E-state index in [0.717, 1.165) is 5.56 Å². The minimum Gasteiger partial charge on any atom is -0.354 e. The molecule has 4 rings (SSSR count). The second-order valence-corrected chi connectivity index (χ2v) is 6.18. The summed E-state index contributed by atoms with van der Waals surface area (Å²) in [6, 6.07) is 18.9. The molecule has 3 heteroatoms. The second-order valence-electron chi connectivity index (χ2n) is 5.09. The Morgan fingerprint density at radius 1 is 0.773 bits per heavy atom. The summed E-state index contributed by atoms with van der Waals surface area (Å²) in [5, 5.41) is 3.49. The SMILES string of the molecule is C(=C\c1ccc2c(c1)Sc1ccccc1N2)/c1ccncc1. The summed E-state index contributed by atoms with van der Waals surface area (Å²) in [4.78, 5) is 6.56. The van der Waals surface area contributed by atoms with Crippen LogP contribution < -0.4 is 5.32 Å². The number of rotatable bonds is 2. The Morgan fingerprint density at radius 3 is 2.45 bits per heavy atom. The van der Waals surface area contributed by atoms with Crippen LogP contribution in [0.25, 0.3) is 12.2 Å². The van der Waals surface area contributed by atoms with Crippen molar-refractivity contribution in [1.29, 1.82) is 0 Å². The molecule has 106 valence electrons. The Labute approximate surface area is 133 Å². The molecule has 0 atom stereocenters. The molecule has 1 aliphatic rings. The number of fused-ring (bicyclic) bond motifs is 2. The quantitative estimate of drug-likeness (QED) is 0.532. The molecule has 1 aromatic heterocycles. The molecule has 2 nitrogen and oxygen atoms in total. The third-order valence-corrected chi connectivity index (χ3v) is 4.69. The largest absolute Gasteiger partial charge is 0.354 e. The number of pyridine rings is 1. The van der Waals surface area contributed by atoms with Crippen molar-refractivity contribution in [2.75, 3.05) is 5.32 Å². The molecule has 0 radical (unpaired) electrons. The zero-order chi connectivity index (χ0) is 14.8. The van der Waals surface area contributed by atoms with Gasteiger partial charge in [0.15, 0.2) is 0 Å². The molecule has 0 bridgehead atoms. The van der Waals surface area contributed by atoms with E-state index < -0.39 is 0 Å². The van der Waals surface area contributed by atoms with Crippen molar-refractivity contribution in [2.24, 2.45) is 0 Å². The lowest BCUT2D eigenvalue weighted by Crippen LogP contribution is -1.99. The van der Waals surface area contributed by atoms with Crippen molar-refractivity contribution in [3.8, 4) is 0 Å². The summed E-state index contributed by atoms with van der Waals surface area (Å²) in [5.74, 6) is 0. The van der Waals surface area contributed by atoms with Gasteiger partial charge >= 0.3 is 0 Å². The number of para-hydroxylation sites is 1. The maximum atomic E-state index is 4.03. The summed E-state index contributed by atoms with van der Waals surface area (Å²) in [6.45, 7) is 0. The molecular weight excluding hydrogens is 288 g/mol. The number of nitrogens with one attached hydrogen (secondary N) is 1. The molecule has 3 aromatic rings. The van der Waals surface area contributed by atoms with Gasteiger partial charge in [0.25, 0.3) is 0 Å². The maximum Gasteiger partial charge on any atom is 0.0526 e. The third-order valence-electron chi connectivity index (χ3n) is 3.56. The first kappa shape index (κ1) is 13.2. The van der Waals surface area contributed by atoms with Crippen LogP contribution in [0, 0.1) is 0 Å². The van der Waals surface area contributed by atoms with E-state index in [1.165, 1.54) is 26.7 Å². The van der Waals surface area contributed by atoms with Gasteiger partial charge in [-0.1, -0.05) is 42.1 Å². The maximum absolute atomic E-state index is 4.03. The van der Waals surface area contributed by atoms with E-state index in [4.69, 9.17) is 0 Å². The first-order chi connectivity index (χ1) is 10.9. The molecule has 1 N–H and O–H groups in total. The van der Waals surface area contributed by atoms with Crippen molar-refractivity contribution in [3.63, 3.8) is 0 Å². The Morgan fingerprint density at radius 2 is 1.55 bits per heavy atom. The average Bonchev–Trinajstić information content (AvgIpc) is 2.59. The number of aromatic nitrogens is 1. The predicted octanol–water partition coefficient (Wildman–Crippen LogP) is 5.46. The smallest absolute Gasteiger partial charge is 0.0526 e. The highest BCUT2D eigenvalue weighted by atomic mass is 32.2. The molecule has 0 saturated carbocycles. The monoisotopic (exact) mass is 302 g/mol. The fraction of sp³-hybridized carbons (Fsp3) is 0. The van der Waals surface area contributed by atoms with Crippen molar-refractivity contribution >= 4 is 35.3 Å². The van der Waals surface area contributed by atoms with Gasteiger partial charge in [-0.05, 0) is 47.5 Å². The molecule has 2 aromatic carbocycles. The van der Waals surface area contributed by atoms with E-state index in [1.54, 1.807) is 0 Å². The average molecular weight is 302 g/mol. The lowest BCUT2D eigenvalue weighted by molar-refractivity contribution is 1.31. The lowest BCUT2D eigenvalue weighted by Gasteiger charge is -2.20. The normalized spacial score (nSPS) is 12.5. The highest BCUT2D eigenvalue weighted by Gasteiger charge is 2.14. The molecule has 0 unspecified atom stereocenters. The standard InChI is InChI=1S/C19H14N2S/c1-2-4-18-16(3-1)21-17-8-7-15(13-19(17)22-18)6-5-14-9-11-20-12-10-14/h1-13,21H/b6-5+. The zero-order valence-electron chi connectivity index (χ0n) is 11.9. The highest BCUT2D eigenvalue weighted by Crippen LogP contribution is 2.44. The van der Waals surface area contributed by atoms with Gasteiger partial charge in [0.1, 0.15) is 0 Å². The molecule has 0 fully saturated rings. The number of nitrogens with zero attached hydrogens (tertiary/aromatic N) is 1. The summed E-state index contributed by atoms with van der Waals surface area (Å²) in [5.41, 5.74) is 4.71. The Kier molecular flexibility index (Phi) is 3.41. The van der Waals surface area contributed by atoms with Crippen molar-refractivity contribution < 1.29 is 0 Å². The van der Waals surface area contributed by atoms with Crippen molar-refractivity contribution in [3.05, 3.63) is 78.1 Å². The predicted molar refractivity (Wildman–Crippen MR) is 93.5 cm³/mol. The molecule has 1 aliphatic heterocycles. The summed E-state index contributed by atoms with van der Waals surface area (Å²) in [6.07, 6.45) is 7.86. The van der Waals surface area contributed by atoms with Crippen LogP contribution in [0.3, 0.4) is 0 Å². The minimum atomic E-state index is 1.16. The van der Waals surface area contributed by atoms with Gasteiger partial charge in [-0.25, -0.2) is 0 Å². The van der Waals surface area contributed by atoms with Crippen LogP contribution in [0.4, 0.5) is 11.4 Å². The van der Waals surface area contributed by atoms with Gasteiger partial charge in [0.2, 0.25) is 0 Å². The highest BCUT2D eigenvalue weighted by molar-refractivity contribution is 7.99. The van der Waals surface area contributed by atoms with E-state index in [1.807, 2.05) is 36.3 Å². The second kappa shape index (κ2) is 5.70. The summed E-state index contributed by atoms with van der Waals surface area (Å²) < 4.78 is 0. The van der Waals surface area contributed by atoms with Gasteiger partial charge in [-0.15, -0.1) is 0 Å². The zero-order valence-corrected chi connectivity index (χ0v) is 12.7. The van der Waals surface area contributed by atoms with Crippen LogP contribution in [0.2, 0.25) is 0 Å². The first-order valence-electron chi connectivity index (χ1n) is 7.14. The minimum absolute atomic E-state index is 1.16. The van der Waals surface area contributed by atoms with Crippen LogP contribution in [-0.2, 0) is 0 Å². The topological polar surface area (TPSA) is 24.9 Å². The van der Waals surface area contributed by atoms with Crippen molar-refractivity contribution in [2.45, 2.75) is 9.79 Å². The Hall–Kier alpha value is -2.52. The van der Waals surface area contributed by atoms with E-state index in [0.29, 0.717) is 0 Å². The van der Waals surface area contributed by atoms with Crippen LogP contribution in [0.5, 0.6) is 0 Å². The summed E-state index contributed by atoms with van der Waals surface area (Å²) >= 11 is 1.81. The molecule has 22 heavy (non-hydrogen) atoms. The Balaban J connectivity index is 1.62. The molecule has 0 amide bonds.